The van der Waals surface area contributed by atoms with E-state index in [1.807, 2.05) is 20.8 Å². The molecule has 0 aromatic rings. The molecular formula is C14H23Br3N2O. The summed E-state index contributed by atoms with van der Waals surface area (Å²) in [6, 6.07) is 0. The van der Waals surface area contributed by atoms with E-state index >= 15 is 0 Å². The zero-order valence-electron chi connectivity index (χ0n) is 12.6. The van der Waals surface area contributed by atoms with Gasteiger partial charge in [0, 0.05) is 15.8 Å². The van der Waals surface area contributed by atoms with Crippen molar-refractivity contribution in [2.75, 3.05) is 0 Å². The largest absolute Gasteiger partial charge is 0.291 e. The summed E-state index contributed by atoms with van der Waals surface area (Å²) in [4.78, 5) is 13.0. The van der Waals surface area contributed by atoms with Crippen molar-refractivity contribution in [3.63, 3.8) is 0 Å². The topological polar surface area (TPSA) is 41.1 Å². The van der Waals surface area contributed by atoms with Gasteiger partial charge >= 0.3 is 0 Å². The van der Waals surface area contributed by atoms with E-state index in [1.54, 1.807) is 0 Å². The molecule has 3 aliphatic carbocycles. The number of hydrogen-bond acceptors (Lipinski definition) is 2. The van der Waals surface area contributed by atoms with Crippen molar-refractivity contribution < 1.29 is 4.79 Å². The maximum atomic E-state index is 12.8. The summed E-state index contributed by atoms with van der Waals surface area (Å²) in [5, 5.41) is 0. The molecule has 3 unspecified atom stereocenters. The first kappa shape index (κ1) is 17.2. The fraction of sp³-hybridized carbons (Fsp3) is 0.929. The monoisotopic (exact) mass is 472 g/mol. The highest BCUT2D eigenvalue weighted by Crippen LogP contribution is 2.82. The van der Waals surface area contributed by atoms with E-state index in [1.165, 1.54) is 0 Å². The van der Waals surface area contributed by atoms with Crippen LogP contribution >= 0.6 is 47.8 Å². The molecule has 6 heteroatoms. The van der Waals surface area contributed by atoms with E-state index in [0.717, 1.165) is 12.8 Å². The molecule has 0 spiro atoms. The van der Waals surface area contributed by atoms with Gasteiger partial charge < -0.3 is 0 Å². The van der Waals surface area contributed by atoms with Crippen LogP contribution in [0, 0.1) is 16.2 Å². The van der Waals surface area contributed by atoms with Gasteiger partial charge in [-0.2, -0.15) is 0 Å². The molecule has 3 fully saturated rings. The third-order valence-corrected chi connectivity index (χ3v) is 8.68. The van der Waals surface area contributed by atoms with Crippen LogP contribution in [0.25, 0.3) is 0 Å². The van der Waals surface area contributed by atoms with Crippen LogP contribution in [0.1, 0.15) is 47.5 Å². The lowest BCUT2D eigenvalue weighted by atomic mass is 9.43. The van der Waals surface area contributed by atoms with Crippen LogP contribution < -0.4 is 10.9 Å². The SMILES string of the molecule is CC(C)(C)NNC(=O)C12CCC(C(Br)Br)(C1Br)C2(C)C. The molecule has 0 saturated heterocycles. The second kappa shape index (κ2) is 4.93. The number of alkyl halides is 3. The van der Waals surface area contributed by atoms with E-state index < -0.39 is 0 Å². The first-order chi connectivity index (χ1) is 8.93. The Hall–Kier alpha value is 0.870. The maximum absolute atomic E-state index is 12.8. The van der Waals surface area contributed by atoms with Gasteiger partial charge in [0.05, 0.1) is 9.15 Å². The highest BCUT2D eigenvalue weighted by Gasteiger charge is 2.83. The summed E-state index contributed by atoms with van der Waals surface area (Å²) in [5.41, 5.74) is 5.58. The smallest absolute Gasteiger partial charge is 0.242 e. The lowest BCUT2D eigenvalue weighted by molar-refractivity contribution is -0.163. The number of amides is 1. The van der Waals surface area contributed by atoms with Crippen LogP contribution in [-0.2, 0) is 4.79 Å². The minimum absolute atomic E-state index is 0.0600. The molecule has 3 nitrogen and oxygen atoms in total. The Morgan fingerprint density at radius 2 is 1.80 bits per heavy atom. The highest BCUT2D eigenvalue weighted by atomic mass is 79.9. The molecule has 0 heterocycles. The average Bonchev–Trinajstić information content (AvgIpc) is 2.74. The molecule has 3 saturated carbocycles. The Balaban J connectivity index is 2.23. The fourth-order valence-corrected chi connectivity index (χ4v) is 8.97. The summed E-state index contributed by atoms with van der Waals surface area (Å²) in [6.07, 6.45) is 1.96. The van der Waals surface area contributed by atoms with Gasteiger partial charge in [-0.05, 0) is 39.0 Å². The molecule has 3 aliphatic rings. The van der Waals surface area contributed by atoms with Crippen LogP contribution in [0.2, 0.25) is 0 Å². The Kier molecular flexibility index (Phi) is 4.25. The Labute approximate surface area is 146 Å². The minimum atomic E-state index is -0.342. The van der Waals surface area contributed by atoms with Crippen LogP contribution in [0.3, 0.4) is 0 Å². The number of hydrazine groups is 1. The molecule has 0 aromatic heterocycles. The fourth-order valence-electron chi connectivity index (χ4n) is 4.05. The standard InChI is InChI=1S/C14H23Br3N2O/c1-11(2,3)19-18-10(20)14-7-6-13(8(14)15,9(16)17)12(14,4)5/h8-9,19H,6-7H2,1-5H3,(H,18,20). The van der Waals surface area contributed by atoms with Crippen molar-refractivity contribution in [1.82, 2.24) is 10.9 Å². The summed E-state index contributed by atoms with van der Waals surface area (Å²) < 4.78 is 0.209. The number of rotatable bonds is 3. The molecule has 116 valence electrons. The van der Waals surface area contributed by atoms with Crippen LogP contribution in [0.15, 0.2) is 0 Å². The van der Waals surface area contributed by atoms with E-state index in [-0.39, 0.29) is 36.3 Å². The van der Waals surface area contributed by atoms with E-state index in [9.17, 15) is 4.79 Å². The van der Waals surface area contributed by atoms with Gasteiger partial charge in [-0.15, -0.1) is 0 Å². The van der Waals surface area contributed by atoms with Crippen molar-refractivity contribution in [2.45, 2.75) is 61.6 Å². The lowest BCUT2D eigenvalue weighted by Crippen LogP contribution is -2.73. The van der Waals surface area contributed by atoms with Crippen molar-refractivity contribution >= 4 is 53.7 Å². The highest BCUT2D eigenvalue weighted by molar-refractivity contribution is 9.24. The van der Waals surface area contributed by atoms with Gasteiger partial charge in [0.15, 0.2) is 0 Å². The molecule has 0 radical (unpaired) electrons. The Morgan fingerprint density at radius 1 is 1.25 bits per heavy atom. The van der Waals surface area contributed by atoms with E-state index in [4.69, 9.17) is 0 Å². The van der Waals surface area contributed by atoms with Gasteiger partial charge in [0.25, 0.3) is 0 Å². The summed E-state index contributed by atoms with van der Waals surface area (Å²) in [5.74, 6) is 0.105. The third kappa shape index (κ3) is 1.93. The number of halogens is 3. The number of nitrogens with one attached hydrogen (secondary N) is 2. The molecule has 0 aromatic carbocycles. The minimum Gasteiger partial charge on any atom is -0.291 e. The number of fused-ring (bicyclic) bond motifs is 1. The van der Waals surface area contributed by atoms with Gasteiger partial charge in [-0.3, -0.25) is 10.2 Å². The second-order valence-corrected chi connectivity index (χ2v) is 11.6. The first-order valence-corrected chi connectivity index (χ1v) is 9.68. The van der Waals surface area contributed by atoms with Gasteiger partial charge in [-0.25, -0.2) is 5.43 Å². The molecule has 20 heavy (non-hydrogen) atoms. The van der Waals surface area contributed by atoms with E-state index in [2.05, 4.69) is 72.5 Å². The lowest BCUT2D eigenvalue weighted by Gasteiger charge is -2.66. The van der Waals surface area contributed by atoms with Gasteiger partial charge in [0.2, 0.25) is 5.91 Å². The van der Waals surface area contributed by atoms with Gasteiger partial charge in [0.1, 0.15) is 0 Å². The van der Waals surface area contributed by atoms with Crippen LogP contribution in [-0.4, -0.2) is 20.0 Å². The average molecular weight is 475 g/mol. The van der Waals surface area contributed by atoms with Crippen molar-refractivity contribution in [3.05, 3.63) is 0 Å². The third-order valence-electron chi connectivity index (χ3n) is 5.44. The number of carbonyl (C=O) groups excluding carboxylic acids is 1. The Morgan fingerprint density at radius 3 is 2.15 bits per heavy atom. The normalized spacial score (nSPS) is 38.8. The zero-order chi connectivity index (χ0) is 15.6. The van der Waals surface area contributed by atoms with Crippen LogP contribution in [0.4, 0.5) is 0 Å². The molecule has 0 aliphatic heterocycles. The summed E-state index contributed by atoms with van der Waals surface area (Å²) >= 11 is 11.2. The summed E-state index contributed by atoms with van der Waals surface area (Å²) in [7, 11) is 0. The molecule has 2 bridgehead atoms. The van der Waals surface area contributed by atoms with Crippen molar-refractivity contribution in [2.24, 2.45) is 16.2 Å². The van der Waals surface area contributed by atoms with Crippen LogP contribution in [0.5, 0.6) is 0 Å². The quantitative estimate of drug-likeness (QED) is 0.478. The number of hydrogen-bond donors (Lipinski definition) is 2. The maximum Gasteiger partial charge on any atom is 0.242 e. The second-order valence-electron chi connectivity index (χ2n) is 7.63. The zero-order valence-corrected chi connectivity index (χ0v) is 17.4. The molecular weight excluding hydrogens is 452 g/mol. The molecule has 2 N–H and O–H groups in total. The molecule has 3 atom stereocenters. The van der Waals surface area contributed by atoms with Crippen molar-refractivity contribution in [3.8, 4) is 0 Å². The van der Waals surface area contributed by atoms with Crippen molar-refractivity contribution in [1.29, 1.82) is 0 Å². The molecule has 1 amide bonds. The Bertz CT molecular complexity index is 433. The van der Waals surface area contributed by atoms with Gasteiger partial charge in [-0.1, -0.05) is 61.6 Å². The summed E-state index contributed by atoms with van der Waals surface area (Å²) in [6.45, 7) is 10.5. The predicted octanol–water partition coefficient (Wildman–Crippen LogP) is 4.09. The first-order valence-electron chi connectivity index (χ1n) is 6.93. The van der Waals surface area contributed by atoms with E-state index in [0.29, 0.717) is 0 Å². The molecule has 3 rings (SSSR count). The predicted molar refractivity (Wildman–Crippen MR) is 93.3 cm³/mol. The number of carbonyl (C=O) groups is 1.